The van der Waals surface area contributed by atoms with Crippen molar-refractivity contribution >= 4 is 5.91 Å². The van der Waals surface area contributed by atoms with Gasteiger partial charge in [0, 0.05) is 0 Å². The molecule has 0 aliphatic rings. The Morgan fingerprint density at radius 2 is 1.84 bits per heavy atom. The van der Waals surface area contributed by atoms with Crippen molar-refractivity contribution in [3.63, 3.8) is 0 Å². The van der Waals surface area contributed by atoms with Crippen LogP contribution in [0.2, 0.25) is 0 Å². The van der Waals surface area contributed by atoms with Gasteiger partial charge in [0.15, 0.2) is 6.10 Å². The van der Waals surface area contributed by atoms with Gasteiger partial charge >= 0.3 is 0 Å². The number of amides is 1. The monoisotopic (exact) mass is 265 g/mol. The van der Waals surface area contributed by atoms with E-state index in [9.17, 15) is 15.0 Å². The number of benzene rings is 1. The summed E-state index contributed by atoms with van der Waals surface area (Å²) < 4.78 is 0. The van der Waals surface area contributed by atoms with E-state index < -0.39 is 12.0 Å². The molecule has 3 N–H and O–H groups in total. The van der Waals surface area contributed by atoms with E-state index in [1.165, 1.54) is 0 Å². The highest BCUT2D eigenvalue weighted by Crippen LogP contribution is 2.21. The van der Waals surface area contributed by atoms with Gasteiger partial charge in [-0.3, -0.25) is 4.79 Å². The lowest BCUT2D eigenvalue weighted by atomic mass is 9.88. The normalized spacial score (nSPS) is 14.8. The molecule has 1 rings (SSSR count). The molecule has 0 heterocycles. The molecule has 0 saturated heterocycles. The van der Waals surface area contributed by atoms with Crippen molar-refractivity contribution in [2.45, 2.75) is 39.3 Å². The SMILES string of the molecule is CC(C)(C)CC(CO)NC(=O)C(O)c1ccccc1. The molecule has 2 atom stereocenters. The maximum absolute atomic E-state index is 11.9. The first-order chi connectivity index (χ1) is 8.83. The van der Waals surface area contributed by atoms with E-state index in [0.29, 0.717) is 12.0 Å². The highest BCUT2D eigenvalue weighted by atomic mass is 16.3. The fourth-order valence-electron chi connectivity index (χ4n) is 1.97. The quantitative estimate of drug-likeness (QED) is 0.758. The smallest absolute Gasteiger partial charge is 0.253 e. The molecule has 0 aliphatic heterocycles. The van der Waals surface area contributed by atoms with Crippen LogP contribution < -0.4 is 5.32 Å². The third-order valence-electron chi connectivity index (χ3n) is 2.79. The van der Waals surface area contributed by atoms with Crippen molar-refractivity contribution in [2.24, 2.45) is 5.41 Å². The second-order valence-electron chi connectivity index (χ2n) is 5.97. The standard InChI is InChI=1S/C15H23NO3/c1-15(2,3)9-12(10-17)16-14(19)13(18)11-7-5-4-6-8-11/h4-8,12-13,17-18H,9-10H2,1-3H3,(H,16,19). The Morgan fingerprint density at radius 1 is 1.26 bits per heavy atom. The predicted molar refractivity (Wildman–Crippen MR) is 74.5 cm³/mol. The molecule has 4 heteroatoms. The summed E-state index contributed by atoms with van der Waals surface area (Å²) in [6.45, 7) is 5.98. The molecule has 1 aromatic rings. The van der Waals surface area contributed by atoms with Crippen molar-refractivity contribution in [3.8, 4) is 0 Å². The average molecular weight is 265 g/mol. The Balaban J connectivity index is 2.63. The van der Waals surface area contributed by atoms with E-state index in [1.807, 2.05) is 26.8 Å². The van der Waals surface area contributed by atoms with E-state index in [-0.39, 0.29) is 18.1 Å². The number of aliphatic hydroxyl groups excluding tert-OH is 2. The maximum atomic E-state index is 11.9. The van der Waals surface area contributed by atoms with Crippen LogP contribution in [0.15, 0.2) is 30.3 Å². The number of nitrogens with one attached hydrogen (secondary N) is 1. The van der Waals surface area contributed by atoms with Crippen molar-refractivity contribution in [1.29, 1.82) is 0 Å². The molecule has 2 unspecified atom stereocenters. The van der Waals surface area contributed by atoms with E-state index in [0.717, 1.165) is 0 Å². The van der Waals surface area contributed by atoms with Crippen LogP contribution in [0.5, 0.6) is 0 Å². The minimum atomic E-state index is -1.20. The van der Waals surface area contributed by atoms with Gasteiger partial charge in [-0.2, -0.15) is 0 Å². The third-order valence-corrected chi connectivity index (χ3v) is 2.79. The molecule has 0 saturated carbocycles. The van der Waals surface area contributed by atoms with Crippen molar-refractivity contribution < 1.29 is 15.0 Å². The first-order valence-corrected chi connectivity index (χ1v) is 6.48. The van der Waals surface area contributed by atoms with Crippen LogP contribution in [0.4, 0.5) is 0 Å². The van der Waals surface area contributed by atoms with Crippen LogP contribution >= 0.6 is 0 Å². The molecule has 1 amide bonds. The van der Waals surface area contributed by atoms with E-state index >= 15 is 0 Å². The number of rotatable bonds is 5. The van der Waals surface area contributed by atoms with Gasteiger partial charge in [0.1, 0.15) is 0 Å². The van der Waals surface area contributed by atoms with Crippen molar-refractivity contribution in [3.05, 3.63) is 35.9 Å². The minimum Gasteiger partial charge on any atom is -0.394 e. The molecule has 0 aromatic heterocycles. The number of carbonyl (C=O) groups excluding carboxylic acids is 1. The molecule has 19 heavy (non-hydrogen) atoms. The molecule has 4 nitrogen and oxygen atoms in total. The predicted octanol–water partition coefficient (Wildman–Crippen LogP) is 1.63. The van der Waals surface area contributed by atoms with Crippen molar-refractivity contribution in [1.82, 2.24) is 5.32 Å². The van der Waals surface area contributed by atoms with Crippen LogP contribution in [0.25, 0.3) is 0 Å². The lowest BCUT2D eigenvalue weighted by molar-refractivity contribution is -0.130. The second kappa shape index (κ2) is 6.68. The maximum Gasteiger partial charge on any atom is 0.253 e. The Hall–Kier alpha value is -1.39. The highest BCUT2D eigenvalue weighted by Gasteiger charge is 2.23. The van der Waals surface area contributed by atoms with E-state index in [4.69, 9.17) is 0 Å². The highest BCUT2D eigenvalue weighted by molar-refractivity contribution is 5.82. The Labute approximate surface area is 114 Å². The molecule has 106 valence electrons. The fourth-order valence-corrected chi connectivity index (χ4v) is 1.97. The average Bonchev–Trinajstić information content (AvgIpc) is 2.36. The fraction of sp³-hybridized carbons (Fsp3) is 0.533. The topological polar surface area (TPSA) is 69.6 Å². The van der Waals surface area contributed by atoms with Gasteiger partial charge < -0.3 is 15.5 Å². The summed E-state index contributed by atoms with van der Waals surface area (Å²) in [5, 5.41) is 21.9. The molecule has 1 aromatic carbocycles. The zero-order valence-electron chi connectivity index (χ0n) is 11.8. The Bertz CT molecular complexity index is 398. The Morgan fingerprint density at radius 3 is 2.32 bits per heavy atom. The molecular weight excluding hydrogens is 242 g/mol. The minimum absolute atomic E-state index is 0.00161. The molecule has 0 bridgehead atoms. The molecular formula is C15H23NO3. The lowest BCUT2D eigenvalue weighted by Gasteiger charge is -2.26. The molecule has 0 radical (unpaired) electrons. The summed E-state index contributed by atoms with van der Waals surface area (Å²) >= 11 is 0. The van der Waals surface area contributed by atoms with Crippen LogP contribution in [0.3, 0.4) is 0 Å². The summed E-state index contributed by atoms with van der Waals surface area (Å²) in [6, 6.07) is 8.41. The summed E-state index contributed by atoms with van der Waals surface area (Å²) in [6.07, 6.45) is -0.549. The van der Waals surface area contributed by atoms with Gasteiger partial charge in [0.25, 0.3) is 5.91 Å². The largest absolute Gasteiger partial charge is 0.394 e. The lowest BCUT2D eigenvalue weighted by Crippen LogP contribution is -2.42. The number of carbonyl (C=O) groups is 1. The van der Waals surface area contributed by atoms with Gasteiger partial charge in [0.05, 0.1) is 12.6 Å². The van der Waals surface area contributed by atoms with Crippen molar-refractivity contribution in [2.75, 3.05) is 6.61 Å². The summed E-state index contributed by atoms with van der Waals surface area (Å²) in [4.78, 5) is 11.9. The summed E-state index contributed by atoms with van der Waals surface area (Å²) in [5.41, 5.74) is 0.547. The van der Waals surface area contributed by atoms with Crippen LogP contribution in [-0.4, -0.2) is 28.8 Å². The van der Waals surface area contributed by atoms with Crippen LogP contribution in [0.1, 0.15) is 38.9 Å². The third kappa shape index (κ3) is 5.41. The van der Waals surface area contributed by atoms with Gasteiger partial charge in [0.2, 0.25) is 0 Å². The Kier molecular flexibility index (Phi) is 5.51. The molecule has 0 spiro atoms. The molecule has 0 aliphatic carbocycles. The zero-order chi connectivity index (χ0) is 14.5. The van der Waals surface area contributed by atoms with Gasteiger partial charge in [-0.15, -0.1) is 0 Å². The van der Waals surface area contributed by atoms with E-state index in [1.54, 1.807) is 24.3 Å². The number of aliphatic hydroxyl groups is 2. The summed E-state index contributed by atoms with van der Waals surface area (Å²) in [5.74, 6) is -0.477. The molecule has 0 fully saturated rings. The first kappa shape index (κ1) is 15.7. The van der Waals surface area contributed by atoms with Crippen LogP contribution in [-0.2, 0) is 4.79 Å². The van der Waals surface area contributed by atoms with Crippen LogP contribution in [0, 0.1) is 5.41 Å². The van der Waals surface area contributed by atoms with Gasteiger partial charge in [-0.05, 0) is 17.4 Å². The zero-order valence-corrected chi connectivity index (χ0v) is 11.8. The van der Waals surface area contributed by atoms with Gasteiger partial charge in [-0.1, -0.05) is 51.1 Å². The van der Waals surface area contributed by atoms with Gasteiger partial charge in [-0.25, -0.2) is 0 Å². The number of hydrogen-bond donors (Lipinski definition) is 3. The summed E-state index contributed by atoms with van der Waals surface area (Å²) in [7, 11) is 0. The first-order valence-electron chi connectivity index (χ1n) is 6.48. The number of hydrogen-bond acceptors (Lipinski definition) is 3. The van der Waals surface area contributed by atoms with E-state index in [2.05, 4.69) is 5.32 Å². The second-order valence-corrected chi connectivity index (χ2v) is 5.97.